The molecule has 19 aromatic rings. The maximum Gasteiger partial charge on any atom is 0.155 e. The van der Waals surface area contributed by atoms with Gasteiger partial charge in [-0.15, -0.1) is 77.9 Å². The Hall–Kier alpha value is -9.93. The summed E-state index contributed by atoms with van der Waals surface area (Å²) >= 11 is 0. The van der Waals surface area contributed by atoms with Crippen molar-refractivity contribution in [1.82, 2.24) is 37.5 Å². The predicted octanol–water partition coefficient (Wildman–Crippen LogP) is 23.2. The first kappa shape index (κ1) is 79.1. The van der Waals surface area contributed by atoms with Gasteiger partial charge in [-0.1, -0.05) is 239 Å². The van der Waals surface area contributed by atoms with Crippen molar-refractivity contribution < 1.29 is 90.3 Å². The van der Waals surface area contributed by atoms with E-state index in [1.165, 1.54) is 158 Å². The van der Waals surface area contributed by atoms with Gasteiger partial charge in [0.2, 0.25) is 0 Å². The maximum atomic E-state index is 10.0. The van der Waals surface area contributed by atoms with Gasteiger partial charge in [0.1, 0.15) is 0 Å². The largest absolute Gasteiger partial charge is 0.512 e. The van der Waals surface area contributed by atoms with E-state index in [2.05, 4.69) is 309 Å². The summed E-state index contributed by atoms with van der Waals surface area (Å²) in [5, 5.41) is 22.6. The Bertz CT molecular complexity index is 6610. The molecule has 11 aromatic carbocycles. The Balaban J connectivity index is 0.000000138. The van der Waals surface area contributed by atoms with E-state index in [1.807, 2.05) is 55.4 Å². The zero-order valence-corrected chi connectivity index (χ0v) is 71.5. The van der Waals surface area contributed by atoms with Crippen molar-refractivity contribution in [2.45, 2.75) is 88.5 Å². The fourth-order valence-corrected chi connectivity index (χ4v) is 15.3. The fourth-order valence-electron chi connectivity index (χ4n) is 15.3. The van der Waals surface area contributed by atoms with Crippen LogP contribution in [-0.2, 0) is 90.6 Å². The number of ketones is 1. The first-order valence-electron chi connectivity index (χ1n) is 35.2. The number of aryl methyl sites for hydroxylation is 7. The van der Waals surface area contributed by atoms with E-state index in [-0.39, 0.29) is 97.4 Å². The first-order valence-corrected chi connectivity index (χ1v) is 35.2. The fraction of sp³-hybridized carbons (Fsp3) is 0.138. The van der Waals surface area contributed by atoms with Crippen LogP contribution in [0.3, 0.4) is 0 Å². The predicted molar refractivity (Wildman–Crippen MR) is 431 cm³/mol. The average molecular weight is 2120 g/mol. The number of nitrogens with zero attached hydrogens (tertiary/aromatic N) is 8. The first-order chi connectivity index (χ1) is 50.4. The molecule has 546 valence electrons. The van der Waals surface area contributed by atoms with Gasteiger partial charge in [0, 0.05) is 163 Å². The molecule has 0 saturated heterocycles. The van der Waals surface area contributed by atoms with Crippen molar-refractivity contribution in [3.05, 3.63) is 324 Å². The smallest absolute Gasteiger partial charge is 0.155 e. The van der Waals surface area contributed by atoms with Crippen molar-refractivity contribution in [2.24, 2.45) is 0 Å². The maximum absolute atomic E-state index is 10.0. The van der Waals surface area contributed by atoms with E-state index in [1.54, 1.807) is 0 Å². The van der Waals surface area contributed by atoms with Crippen molar-refractivity contribution in [3.63, 3.8) is 0 Å². The third-order valence-electron chi connectivity index (χ3n) is 19.9. The molecule has 10 nitrogen and oxygen atoms in total. The standard InChI is InChI=1S/2C25H21N2.C22H15N2.C17H13N2.C5H8O2.4Ir/c1-15-12-16(2)23(17(3)13-15)20-9-7-10-21-24(20)19-8-5-6-11-22(19)27-18(4)14-26-25(21)27;1-25(2,3)22-16-26-24-20-14-9-13-18(17-10-5-4-6-11-17)23(20)19-12-7-8-15-21(19)27(22)24;1-15-7-2-3-8-16(15)17-10-6-11-19-21(17)18-9-4-5-12-20(18)24-14-13-23-22(19)24;1-11-7-8-14-16(12(11)2)13-5-3-4-6-15(13)19-10-9-18-17(14)19;1-4(6)3-5(2)7;;;;/h5-9,11-14H,1-4H3;4-13,15-16H,1-3H3;2-10,12-14H,1H3;3-7,9-10H,1-2H3;3,6H,1-2H3;;;;/q4*-1;;;;;. The Kier molecular flexibility index (Phi) is 24.1. The van der Waals surface area contributed by atoms with Crippen LogP contribution in [0, 0.1) is 72.7 Å². The molecular formula is C94H78Ir4N8O2-4. The SMILES string of the molecule is CC(=O)C=C(C)O.CC(C)(C)c1cnc2c3[c-]ccc(-c4ccccc4)c3c3ccccc3n12.Cc1c[c-]c2c(c1C)c1ccccc1n1ccnc21.Cc1cc(C)c(-c2cc[c-]c3c2c2ccccc2n2c(C)cnc32)c(C)c1.Cc1ccccc1-c1cc[c-]c2c1c1ccccc1n1ccnc21.[Ir].[Ir].[Ir].[Ir]. The molecule has 8 aromatic heterocycles. The Morgan fingerprint density at radius 3 is 1.40 bits per heavy atom. The van der Waals surface area contributed by atoms with Crippen molar-refractivity contribution in [2.75, 3.05) is 0 Å². The summed E-state index contributed by atoms with van der Waals surface area (Å²) in [7, 11) is 0. The Morgan fingerprint density at radius 1 is 0.426 bits per heavy atom. The monoisotopic (exact) mass is 2120 g/mol. The third kappa shape index (κ3) is 14.6. The Morgan fingerprint density at radius 2 is 0.861 bits per heavy atom. The molecule has 0 saturated carbocycles. The molecule has 108 heavy (non-hydrogen) atoms. The number of para-hydroxylation sites is 4. The number of aliphatic hydroxyl groups is 1. The second-order valence-corrected chi connectivity index (χ2v) is 28.0. The number of carbonyl (C=O) groups is 1. The van der Waals surface area contributed by atoms with E-state index in [4.69, 9.17) is 15.1 Å². The summed E-state index contributed by atoms with van der Waals surface area (Å²) in [5.74, 6) is -0.0625. The number of benzene rings is 11. The number of allylic oxidation sites excluding steroid dienone is 2. The number of rotatable bonds is 4. The summed E-state index contributed by atoms with van der Waals surface area (Å²) < 4.78 is 8.84. The van der Waals surface area contributed by atoms with Crippen molar-refractivity contribution in [3.8, 4) is 33.4 Å². The number of fused-ring (bicyclic) bond motifs is 24. The molecule has 0 aliphatic rings. The molecule has 0 amide bonds. The molecule has 0 atom stereocenters. The van der Waals surface area contributed by atoms with Crippen LogP contribution in [-0.4, -0.2) is 48.4 Å². The van der Waals surface area contributed by atoms with Crippen LogP contribution < -0.4 is 0 Å². The van der Waals surface area contributed by atoms with Gasteiger partial charge in [0.05, 0.1) is 28.3 Å². The molecular weight excluding hydrogens is 2040 g/mol. The average Bonchev–Trinajstić information content (AvgIpc) is 1.42. The van der Waals surface area contributed by atoms with E-state index < -0.39 is 0 Å². The second-order valence-electron chi connectivity index (χ2n) is 28.0. The minimum atomic E-state index is -0.125. The van der Waals surface area contributed by atoms with Gasteiger partial charge < -0.3 is 22.7 Å². The van der Waals surface area contributed by atoms with Gasteiger partial charge in [0.15, 0.2) is 5.78 Å². The van der Waals surface area contributed by atoms with Gasteiger partial charge in [0.25, 0.3) is 0 Å². The number of aromatic nitrogens is 8. The van der Waals surface area contributed by atoms with E-state index >= 15 is 0 Å². The van der Waals surface area contributed by atoms with Crippen LogP contribution in [0.15, 0.2) is 255 Å². The molecule has 0 bridgehead atoms. The minimum Gasteiger partial charge on any atom is -0.512 e. The molecule has 0 fully saturated rings. The van der Waals surface area contributed by atoms with Crippen LogP contribution in [0.25, 0.3) is 143 Å². The minimum absolute atomic E-state index is 0. The molecule has 8 heterocycles. The molecule has 1 N–H and O–H groups in total. The summed E-state index contributed by atoms with van der Waals surface area (Å²) in [6.45, 7) is 24.7. The number of carbonyl (C=O) groups excluding carboxylic acids is 1. The second kappa shape index (κ2) is 32.9. The van der Waals surface area contributed by atoms with Gasteiger partial charge in [-0.25, -0.2) is 0 Å². The van der Waals surface area contributed by atoms with Crippen LogP contribution in [0.1, 0.15) is 79.4 Å². The van der Waals surface area contributed by atoms with Gasteiger partial charge in [-0.05, 0) is 128 Å². The summed E-state index contributed by atoms with van der Waals surface area (Å²) in [5.41, 5.74) is 26.3. The molecule has 0 spiro atoms. The van der Waals surface area contributed by atoms with Gasteiger partial charge in [-0.3, -0.25) is 24.7 Å². The summed E-state index contributed by atoms with van der Waals surface area (Å²) in [6, 6.07) is 86.3. The molecule has 14 heteroatoms. The van der Waals surface area contributed by atoms with Gasteiger partial charge >= 0.3 is 0 Å². The topological polar surface area (TPSA) is 106 Å². The third-order valence-corrected chi connectivity index (χ3v) is 19.9. The van der Waals surface area contributed by atoms with Crippen molar-refractivity contribution in [1.29, 1.82) is 0 Å². The number of imidazole rings is 4. The van der Waals surface area contributed by atoms with E-state index in [0.717, 1.165) is 49.8 Å². The Labute approximate surface area is 683 Å². The van der Waals surface area contributed by atoms with Crippen molar-refractivity contribution >= 4 is 115 Å². The number of aliphatic hydroxyl groups excluding tert-OH is 1. The molecule has 4 radical (unpaired) electrons. The molecule has 19 rings (SSSR count). The number of hydrogen-bond donors (Lipinski definition) is 1. The van der Waals surface area contributed by atoms with Crippen LogP contribution in [0.4, 0.5) is 0 Å². The zero-order valence-electron chi connectivity index (χ0n) is 61.9. The van der Waals surface area contributed by atoms with E-state index in [9.17, 15) is 4.79 Å². The van der Waals surface area contributed by atoms with Crippen LogP contribution in [0.5, 0.6) is 0 Å². The van der Waals surface area contributed by atoms with E-state index in [0.29, 0.717) is 0 Å². The summed E-state index contributed by atoms with van der Waals surface area (Å²) in [4.78, 5) is 28.7. The summed E-state index contributed by atoms with van der Waals surface area (Å²) in [6.07, 6.45) is 12.9. The quantitative estimate of drug-likeness (QED) is 0.0814. The number of pyridine rings is 4. The number of hydrogen-bond acceptors (Lipinski definition) is 6. The van der Waals surface area contributed by atoms with Crippen LogP contribution in [0.2, 0.25) is 0 Å². The molecule has 0 aliphatic heterocycles. The zero-order chi connectivity index (χ0) is 72.2. The normalized spacial score (nSPS) is 11.4. The van der Waals surface area contributed by atoms with Gasteiger partial charge in [-0.2, -0.15) is 0 Å². The molecule has 0 unspecified atom stereocenters. The molecule has 0 aliphatic carbocycles. The van der Waals surface area contributed by atoms with Crippen LogP contribution >= 0.6 is 0 Å².